The van der Waals surface area contributed by atoms with E-state index in [1.807, 2.05) is 0 Å². The van der Waals surface area contributed by atoms with E-state index in [0.717, 1.165) is 6.92 Å². The smallest absolute Gasteiger partial charge is 0.325 e. The molecule has 3 fully saturated rings. The van der Waals surface area contributed by atoms with Crippen molar-refractivity contribution in [2.75, 3.05) is 32.9 Å². The molecule has 414 valence electrons. The van der Waals surface area contributed by atoms with E-state index in [2.05, 4.69) is 31.9 Å². The summed E-state index contributed by atoms with van der Waals surface area (Å²) in [4.78, 5) is 88.8. The molecule has 30 nitrogen and oxygen atoms in total. The minimum atomic E-state index is -1.94. The molecule has 3 heterocycles. The van der Waals surface area contributed by atoms with Crippen LogP contribution in [0.2, 0.25) is 0 Å². The average molecular weight is 1040 g/mol. The fraction of sp³-hybridized carbons (Fsp3) is 0.833. The van der Waals surface area contributed by atoms with Crippen molar-refractivity contribution in [1.82, 2.24) is 31.9 Å². The van der Waals surface area contributed by atoms with E-state index in [1.165, 1.54) is 20.8 Å². The number of aliphatic carboxylic acids is 1. The topological polar surface area (TPSA) is 481 Å². The Labute approximate surface area is 414 Å². The number of carboxylic acid groups (broad SMARTS) is 1. The van der Waals surface area contributed by atoms with Crippen molar-refractivity contribution in [3.05, 3.63) is 0 Å². The maximum atomic E-state index is 13.7. The van der Waals surface area contributed by atoms with E-state index in [-0.39, 0.29) is 19.4 Å². The van der Waals surface area contributed by atoms with Gasteiger partial charge in [-0.15, -0.1) is 0 Å². The molecule has 0 bridgehead atoms. The maximum Gasteiger partial charge on any atom is 0.325 e. The van der Waals surface area contributed by atoms with Crippen LogP contribution in [0.4, 0.5) is 0 Å². The highest BCUT2D eigenvalue weighted by Gasteiger charge is 2.55. The lowest BCUT2D eigenvalue weighted by molar-refractivity contribution is -0.362. The number of rotatable bonds is 28. The molecule has 6 amide bonds. The highest BCUT2D eigenvalue weighted by atomic mass is 16.7. The van der Waals surface area contributed by atoms with Crippen LogP contribution in [0.15, 0.2) is 0 Å². The second-order valence-electron chi connectivity index (χ2n) is 17.6. The minimum absolute atomic E-state index is 0.121. The normalized spacial score (nSPS) is 32.7. The summed E-state index contributed by atoms with van der Waals surface area (Å²) >= 11 is 0. The van der Waals surface area contributed by atoms with Gasteiger partial charge in [-0.3, -0.25) is 33.6 Å². The molecule has 0 saturated carbocycles. The number of carboxylic acids is 1. The SMILES string of the molecule is CCNC1C(O)OC(CO)C(OC2OC(CO)C(OC3OC(CO)C(O)C(O)C3O)C(O)C2NC(C)=O)C1OC(C)C(=O)NC(C)C(=O)NC(CCC(=O)NC(CCCCN)C(=O)NC(C)C(=O)O)C(N)=O. The van der Waals surface area contributed by atoms with Crippen molar-refractivity contribution in [2.45, 2.75) is 189 Å². The van der Waals surface area contributed by atoms with Gasteiger partial charge in [-0.05, 0) is 59.5 Å². The van der Waals surface area contributed by atoms with Crippen LogP contribution in [0.3, 0.4) is 0 Å². The number of amides is 6. The third-order valence-corrected chi connectivity index (χ3v) is 12.1. The predicted octanol–water partition coefficient (Wildman–Crippen LogP) is -8.94. The van der Waals surface area contributed by atoms with Gasteiger partial charge in [0.15, 0.2) is 18.9 Å². The second-order valence-corrected chi connectivity index (χ2v) is 17.6. The van der Waals surface area contributed by atoms with Crippen molar-refractivity contribution < 1.29 is 108 Å². The highest BCUT2D eigenvalue weighted by molar-refractivity contribution is 5.93. The molecule has 3 saturated heterocycles. The third kappa shape index (κ3) is 17.1. The molecule has 0 aliphatic carbocycles. The third-order valence-electron chi connectivity index (χ3n) is 12.1. The molecule has 30 heteroatoms. The van der Waals surface area contributed by atoms with Gasteiger partial charge in [0.05, 0.1) is 25.9 Å². The van der Waals surface area contributed by atoms with Gasteiger partial charge in [0.25, 0.3) is 0 Å². The molecule has 19 N–H and O–H groups in total. The monoisotopic (exact) mass is 1040 g/mol. The van der Waals surface area contributed by atoms with Gasteiger partial charge < -0.3 is 118 Å². The number of nitrogens with two attached hydrogens (primary N) is 2. The molecule has 3 aliphatic heterocycles. The Balaban J connectivity index is 1.77. The van der Waals surface area contributed by atoms with Crippen LogP contribution in [0.5, 0.6) is 0 Å². The van der Waals surface area contributed by atoms with E-state index in [9.17, 15) is 79.5 Å². The number of nitrogens with one attached hydrogen (secondary N) is 6. The fourth-order valence-electron chi connectivity index (χ4n) is 8.03. The van der Waals surface area contributed by atoms with E-state index < -0.39 is 190 Å². The zero-order valence-corrected chi connectivity index (χ0v) is 40.6. The van der Waals surface area contributed by atoms with Crippen LogP contribution in [0, 0.1) is 0 Å². The quantitative estimate of drug-likeness (QED) is 0.0324. The van der Waals surface area contributed by atoms with Crippen LogP contribution in [0.1, 0.15) is 66.7 Å². The molecule has 3 aliphatic rings. The van der Waals surface area contributed by atoms with E-state index in [4.69, 9.17) is 39.9 Å². The lowest BCUT2D eigenvalue weighted by atomic mass is 9.93. The van der Waals surface area contributed by atoms with Gasteiger partial charge in [-0.25, -0.2) is 0 Å². The Hall–Kier alpha value is -4.35. The summed E-state index contributed by atoms with van der Waals surface area (Å²) in [6.45, 7) is 4.36. The molecule has 72 heavy (non-hydrogen) atoms. The molecule has 20 atom stereocenters. The summed E-state index contributed by atoms with van der Waals surface area (Å²) in [5.74, 6) is -6.45. The van der Waals surface area contributed by atoms with E-state index in [1.54, 1.807) is 6.92 Å². The number of aliphatic hydroxyl groups excluding tert-OH is 8. The number of hydrogen-bond acceptors (Lipinski definition) is 23. The average Bonchev–Trinajstić information content (AvgIpc) is 3.32. The molecular formula is C42H74N8O22. The number of primary amides is 1. The molecule has 20 unspecified atom stereocenters. The number of aliphatic hydroxyl groups is 8. The summed E-state index contributed by atoms with van der Waals surface area (Å²) in [7, 11) is 0. The summed E-state index contributed by atoms with van der Waals surface area (Å²) in [5, 5.41) is 109. The number of ether oxygens (including phenoxy) is 6. The first kappa shape index (κ1) is 61.9. The van der Waals surface area contributed by atoms with Crippen molar-refractivity contribution in [2.24, 2.45) is 11.5 Å². The van der Waals surface area contributed by atoms with Gasteiger partial charge in [-0.1, -0.05) is 6.92 Å². The first-order valence-electron chi connectivity index (χ1n) is 23.5. The van der Waals surface area contributed by atoms with Crippen LogP contribution in [-0.2, 0) is 62.0 Å². The molecule has 3 rings (SSSR count). The van der Waals surface area contributed by atoms with Gasteiger partial charge in [0, 0.05) is 13.3 Å². The fourth-order valence-corrected chi connectivity index (χ4v) is 8.03. The Kier molecular flexibility index (Phi) is 25.4. The Morgan fingerprint density at radius 1 is 0.639 bits per heavy atom. The largest absolute Gasteiger partial charge is 0.480 e. The van der Waals surface area contributed by atoms with Gasteiger partial charge >= 0.3 is 5.97 Å². The standard InChI is InChI=1S/C42H74N8O22/c1-6-45-27-34(67-18(4)37(62)46-16(2)36(61)50-20(35(44)60)10-11-25(55)49-21(9-7-8-12-43)38(63)47-17(3)39(64)65)33(24(15-53)68-40(27)66)72-41-26(48-19(5)54)29(57)32(23(14-52)70-41)71-42-31(59)30(58)28(56)22(13-51)69-42/h16-18,20-24,26-34,40-42,45,51-53,56-59,66H,6-15,43H2,1-5H3,(H2,44,60)(H,46,62)(H,47,63)(H,48,54)(H,49,55)(H,50,61)(H,64,65). The predicted molar refractivity (Wildman–Crippen MR) is 241 cm³/mol. The summed E-state index contributed by atoms with van der Waals surface area (Å²) in [6, 6.07) is -8.08. The molecule has 0 aromatic heterocycles. The summed E-state index contributed by atoms with van der Waals surface area (Å²) < 4.78 is 35.2. The van der Waals surface area contributed by atoms with Crippen molar-refractivity contribution >= 4 is 41.4 Å². The van der Waals surface area contributed by atoms with E-state index in [0.29, 0.717) is 19.4 Å². The second kappa shape index (κ2) is 29.5. The first-order chi connectivity index (χ1) is 33.9. The minimum Gasteiger partial charge on any atom is -0.480 e. The lowest BCUT2D eigenvalue weighted by Crippen LogP contribution is -2.70. The van der Waals surface area contributed by atoms with Crippen LogP contribution in [0.25, 0.3) is 0 Å². The Bertz CT molecular complexity index is 1790. The van der Waals surface area contributed by atoms with Crippen molar-refractivity contribution in [3.8, 4) is 0 Å². The molecular weight excluding hydrogens is 968 g/mol. The van der Waals surface area contributed by atoms with Gasteiger partial charge in [-0.2, -0.15) is 0 Å². The van der Waals surface area contributed by atoms with Gasteiger partial charge in [0.1, 0.15) is 97.4 Å². The Morgan fingerprint density at radius 3 is 1.81 bits per heavy atom. The van der Waals surface area contributed by atoms with E-state index >= 15 is 0 Å². The van der Waals surface area contributed by atoms with Crippen LogP contribution in [-0.4, -0.2) is 243 Å². The molecule has 0 radical (unpaired) electrons. The molecule has 0 aromatic rings. The first-order valence-corrected chi connectivity index (χ1v) is 23.5. The number of likely N-dealkylation sites (N-methyl/N-ethyl adjacent to an activating group) is 1. The molecule has 0 spiro atoms. The maximum absolute atomic E-state index is 13.7. The van der Waals surface area contributed by atoms with Gasteiger partial charge in [0.2, 0.25) is 35.4 Å². The number of carbonyl (C=O) groups is 7. The zero-order chi connectivity index (χ0) is 54.1. The summed E-state index contributed by atoms with van der Waals surface area (Å²) in [6.07, 6.45) is -23.2. The lowest BCUT2D eigenvalue weighted by Gasteiger charge is -2.50. The Morgan fingerprint density at radius 2 is 1.24 bits per heavy atom. The van der Waals surface area contributed by atoms with Crippen LogP contribution < -0.4 is 43.4 Å². The number of unbranched alkanes of at least 4 members (excludes halogenated alkanes) is 1. The van der Waals surface area contributed by atoms with Crippen molar-refractivity contribution in [1.29, 1.82) is 0 Å². The molecule has 0 aromatic carbocycles. The van der Waals surface area contributed by atoms with Crippen molar-refractivity contribution in [3.63, 3.8) is 0 Å². The van der Waals surface area contributed by atoms with Crippen LogP contribution >= 0.6 is 0 Å². The number of hydrogen-bond donors (Lipinski definition) is 17. The summed E-state index contributed by atoms with van der Waals surface area (Å²) in [5.41, 5.74) is 11.1. The zero-order valence-electron chi connectivity index (χ0n) is 40.6. The number of carbonyl (C=O) groups excluding carboxylic acids is 6. The highest BCUT2D eigenvalue weighted by Crippen LogP contribution is 2.33.